The van der Waals surface area contributed by atoms with Crippen molar-refractivity contribution in [3.8, 4) is 11.5 Å². The summed E-state index contributed by atoms with van der Waals surface area (Å²) in [6.45, 7) is 5.84. The van der Waals surface area contributed by atoms with Crippen LogP contribution in [0.15, 0.2) is 18.2 Å². The average Bonchev–Trinajstić information content (AvgIpc) is 2.56. The summed E-state index contributed by atoms with van der Waals surface area (Å²) in [5.74, 6) is 1.48. The van der Waals surface area contributed by atoms with Crippen molar-refractivity contribution in [2.24, 2.45) is 0 Å². The number of rotatable bonds is 3. The van der Waals surface area contributed by atoms with E-state index in [-0.39, 0.29) is 5.91 Å². The summed E-state index contributed by atoms with van der Waals surface area (Å²) < 4.78 is 11.1. The highest BCUT2D eigenvalue weighted by molar-refractivity contribution is 5.95. The lowest BCUT2D eigenvalue weighted by atomic mass is 10.0. The van der Waals surface area contributed by atoms with Gasteiger partial charge in [0.1, 0.15) is 13.2 Å². The minimum absolute atomic E-state index is 0.0846. The maximum absolute atomic E-state index is 12.8. The van der Waals surface area contributed by atoms with Gasteiger partial charge >= 0.3 is 0 Å². The van der Waals surface area contributed by atoms with E-state index >= 15 is 0 Å². The second-order valence-corrected chi connectivity index (χ2v) is 5.43. The number of amides is 1. The van der Waals surface area contributed by atoms with Gasteiger partial charge in [0.2, 0.25) is 0 Å². The monoisotopic (exact) mass is 290 g/mol. The molecule has 5 nitrogen and oxygen atoms in total. The molecule has 1 N–H and O–H groups in total. The third-order valence-electron chi connectivity index (χ3n) is 4.14. The van der Waals surface area contributed by atoms with Crippen LogP contribution < -0.4 is 14.8 Å². The molecule has 2 aliphatic rings. The average molecular weight is 290 g/mol. The smallest absolute Gasteiger partial charge is 0.254 e. The van der Waals surface area contributed by atoms with Crippen molar-refractivity contribution in [1.82, 2.24) is 10.2 Å². The Bertz CT molecular complexity index is 512. The molecule has 0 unspecified atom stereocenters. The molecule has 3 rings (SSSR count). The first-order chi connectivity index (χ1) is 10.3. The normalized spacial score (nSPS) is 18.3. The zero-order chi connectivity index (χ0) is 14.7. The zero-order valence-corrected chi connectivity index (χ0v) is 12.4. The molecule has 0 radical (unpaired) electrons. The number of ether oxygens (including phenoxy) is 2. The van der Waals surface area contributed by atoms with Crippen LogP contribution >= 0.6 is 0 Å². The van der Waals surface area contributed by atoms with Crippen LogP contribution in [0.5, 0.6) is 11.5 Å². The van der Waals surface area contributed by atoms with Crippen LogP contribution in [0.25, 0.3) is 0 Å². The van der Waals surface area contributed by atoms with E-state index in [0.717, 1.165) is 38.2 Å². The number of carbonyl (C=O) groups is 1. The van der Waals surface area contributed by atoms with Gasteiger partial charge in [-0.3, -0.25) is 4.79 Å². The van der Waals surface area contributed by atoms with Crippen LogP contribution in [-0.2, 0) is 0 Å². The summed E-state index contributed by atoms with van der Waals surface area (Å²) in [4.78, 5) is 14.7. The van der Waals surface area contributed by atoms with Gasteiger partial charge in [-0.15, -0.1) is 0 Å². The van der Waals surface area contributed by atoms with E-state index in [2.05, 4.69) is 5.32 Å². The van der Waals surface area contributed by atoms with Crippen molar-refractivity contribution >= 4 is 5.91 Å². The molecule has 0 atom stereocenters. The number of hydrogen-bond acceptors (Lipinski definition) is 4. The number of carbonyl (C=O) groups excluding carboxylic acids is 1. The molecule has 1 aromatic carbocycles. The highest BCUT2D eigenvalue weighted by Crippen LogP contribution is 2.31. The van der Waals surface area contributed by atoms with E-state index in [1.807, 2.05) is 24.0 Å². The molecule has 0 spiro atoms. The van der Waals surface area contributed by atoms with Crippen molar-refractivity contribution in [3.05, 3.63) is 23.8 Å². The fourth-order valence-electron chi connectivity index (χ4n) is 3.03. The molecule has 114 valence electrons. The Balaban J connectivity index is 1.79. The van der Waals surface area contributed by atoms with Gasteiger partial charge in [0, 0.05) is 18.2 Å². The van der Waals surface area contributed by atoms with Crippen LogP contribution in [0.4, 0.5) is 0 Å². The fourth-order valence-corrected chi connectivity index (χ4v) is 3.03. The topological polar surface area (TPSA) is 50.8 Å². The number of fused-ring (bicyclic) bond motifs is 1. The largest absolute Gasteiger partial charge is 0.486 e. The fraction of sp³-hybridized carbons (Fsp3) is 0.562. The van der Waals surface area contributed by atoms with E-state index < -0.39 is 0 Å². The Kier molecular flexibility index (Phi) is 4.29. The molecule has 2 aliphatic heterocycles. The Morgan fingerprint density at radius 2 is 1.95 bits per heavy atom. The summed E-state index contributed by atoms with van der Waals surface area (Å²) in [6, 6.07) is 5.80. The van der Waals surface area contributed by atoms with Crippen molar-refractivity contribution in [2.45, 2.75) is 25.8 Å². The maximum Gasteiger partial charge on any atom is 0.254 e. The quantitative estimate of drug-likeness (QED) is 0.920. The summed E-state index contributed by atoms with van der Waals surface area (Å²) in [6.07, 6.45) is 2.04. The van der Waals surface area contributed by atoms with Crippen LogP contribution in [0.1, 0.15) is 30.1 Å². The van der Waals surface area contributed by atoms with Gasteiger partial charge < -0.3 is 19.7 Å². The Labute approximate surface area is 125 Å². The second kappa shape index (κ2) is 6.35. The van der Waals surface area contributed by atoms with Gasteiger partial charge in [0.25, 0.3) is 5.91 Å². The first-order valence-electron chi connectivity index (χ1n) is 7.71. The van der Waals surface area contributed by atoms with Gasteiger partial charge in [-0.1, -0.05) is 0 Å². The van der Waals surface area contributed by atoms with Crippen molar-refractivity contribution in [2.75, 3.05) is 32.8 Å². The molecule has 1 amide bonds. The minimum atomic E-state index is 0.0846. The van der Waals surface area contributed by atoms with Crippen LogP contribution in [-0.4, -0.2) is 49.7 Å². The van der Waals surface area contributed by atoms with E-state index in [1.54, 1.807) is 6.07 Å². The standard InChI is InChI=1S/C16H22N2O3/c1-2-18(13-5-7-17-8-6-13)16(19)12-3-4-14-15(11-12)21-10-9-20-14/h3-4,11,13,17H,2,5-10H2,1H3. The third kappa shape index (κ3) is 2.97. The number of nitrogens with one attached hydrogen (secondary N) is 1. The highest BCUT2D eigenvalue weighted by atomic mass is 16.6. The molecule has 0 aromatic heterocycles. The number of nitrogens with zero attached hydrogens (tertiary/aromatic N) is 1. The molecule has 1 aromatic rings. The first-order valence-corrected chi connectivity index (χ1v) is 7.71. The zero-order valence-electron chi connectivity index (χ0n) is 12.4. The van der Waals surface area contributed by atoms with Gasteiger partial charge in [0.05, 0.1) is 0 Å². The molecular weight excluding hydrogens is 268 g/mol. The van der Waals surface area contributed by atoms with Gasteiger partial charge in [-0.25, -0.2) is 0 Å². The molecule has 0 saturated carbocycles. The summed E-state index contributed by atoms with van der Waals surface area (Å²) in [5, 5.41) is 3.34. The minimum Gasteiger partial charge on any atom is -0.486 e. The lowest BCUT2D eigenvalue weighted by Crippen LogP contribution is -2.46. The van der Waals surface area contributed by atoms with E-state index in [4.69, 9.17) is 9.47 Å². The van der Waals surface area contributed by atoms with E-state index in [9.17, 15) is 4.79 Å². The van der Waals surface area contributed by atoms with E-state index in [1.165, 1.54) is 0 Å². The maximum atomic E-state index is 12.8. The Morgan fingerprint density at radius 1 is 1.24 bits per heavy atom. The van der Waals surface area contributed by atoms with Crippen molar-refractivity contribution in [1.29, 1.82) is 0 Å². The highest BCUT2D eigenvalue weighted by Gasteiger charge is 2.26. The SMILES string of the molecule is CCN(C(=O)c1ccc2c(c1)OCCO2)C1CCNCC1. The van der Waals surface area contributed by atoms with Gasteiger partial charge in [-0.2, -0.15) is 0 Å². The number of hydrogen-bond donors (Lipinski definition) is 1. The second-order valence-electron chi connectivity index (χ2n) is 5.43. The molecule has 5 heteroatoms. The van der Waals surface area contributed by atoms with Crippen LogP contribution in [0.2, 0.25) is 0 Å². The van der Waals surface area contributed by atoms with Crippen molar-refractivity contribution in [3.63, 3.8) is 0 Å². The van der Waals surface area contributed by atoms with Crippen LogP contribution in [0.3, 0.4) is 0 Å². The Morgan fingerprint density at radius 3 is 2.67 bits per heavy atom. The Hall–Kier alpha value is -1.75. The molecule has 0 bridgehead atoms. The number of piperidine rings is 1. The number of benzene rings is 1. The van der Waals surface area contributed by atoms with Gasteiger partial charge in [0.15, 0.2) is 11.5 Å². The third-order valence-corrected chi connectivity index (χ3v) is 4.14. The predicted molar refractivity (Wildman–Crippen MR) is 80.0 cm³/mol. The molecule has 21 heavy (non-hydrogen) atoms. The summed E-state index contributed by atoms with van der Waals surface area (Å²) >= 11 is 0. The van der Waals surface area contributed by atoms with Gasteiger partial charge in [-0.05, 0) is 51.1 Å². The molecule has 1 fully saturated rings. The lowest BCUT2D eigenvalue weighted by Gasteiger charge is -2.34. The molecule has 1 saturated heterocycles. The van der Waals surface area contributed by atoms with Crippen molar-refractivity contribution < 1.29 is 14.3 Å². The lowest BCUT2D eigenvalue weighted by molar-refractivity contribution is 0.0655. The summed E-state index contributed by atoms with van der Waals surface area (Å²) in [7, 11) is 0. The molecular formula is C16H22N2O3. The summed E-state index contributed by atoms with van der Waals surface area (Å²) in [5.41, 5.74) is 0.680. The predicted octanol–water partition coefficient (Wildman–Crippen LogP) is 1.67. The molecule has 0 aliphatic carbocycles. The van der Waals surface area contributed by atoms with E-state index in [0.29, 0.717) is 30.6 Å². The first kappa shape index (κ1) is 14.2. The van der Waals surface area contributed by atoms with Crippen LogP contribution in [0, 0.1) is 0 Å². The molecule has 2 heterocycles.